The van der Waals surface area contributed by atoms with E-state index in [2.05, 4.69) is 38.7 Å². The first-order valence-corrected chi connectivity index (χ1v) is 10.4. The molecule has 0 bridgehead atoms. The van der Waals surface area contributed by atoms with Gasteiger partial charge in [-0.05, 0) is 33.4 Å². The molecule has 3 rings (SSSR count). The van der Waals surface area contributed by atoms with Gasteiger partial charge in [-0.15, -0.1) is 0 Å². The number of aromatic nitrogens is 1. The van der Waals surface area contributed by atoms with Crippen LogP contribution in [0.25, 0.3) is 0 Å². The number of anilines is 2. The van der Waals surface area contributed by atoms with Crippen LogP contribution in [0.1, 0.15) is 33.4 Å². The van der Waals surface area contributed by atoms with Gasteiger partial charge in [0.1, 0.15) is 23.2 Å². The molecule has 2 saturated heterocycles. The molecule has 0 unspecified atom stereocenters. The van der Waals surface area contributed by atoms with E-state index >= 15 is 0 Å². The van der Waals surface area contributed by atoms with Gasteiger partial charge in [-0.2, -0.15) is 5.26 Å². The van der Waals surface area contributed by atoms with Crippen molar-refractivity contribution in [3.8, 4) is 6.07 Å². The Bertz CT molecular complexity index is 753. The number of likely N-dealkylation sites (N-methyl/N-ethyl adjacent to an activating group) is 1. The molecule has 0 atom stereocenters. The van der Waals surface area contributed by atoms with Crippen LogP contribution in [0.5, 0.6) is 0 Å². The number of carbonyl (C=O) groups is 1. The molecule has 8 nitrogen and oxygen atoms in total. The van der Waals surface area contributed by atoms with Crippen LogP contribution in [0.4, 0.5) is 16.3 Å². The van der Waals surface area contributed by atoms with Crippen LogP contribution in [0.3, 0.4) is 0 Å². The maximum absolute atomic E-state index is 12.3. The van der Waals surface area contributed by atoms with Crippen molar-refractivity contribution in [2.45, 2.75) is 33.3 Å². The molecule has 0 radical (unpaired) electrons. The van der Waals surface area contributed by atoms with Crippen LogP contribution < -0.4 is 9.80 Å². The molecule has 2 fully saturated rings. The smallest absolute Gasteiger partial charge is 0.410 e. The Kier molecular flexibility index (Phi) is 6.48. The van der Waals surface area contributed by atoms with Gasteiger partial charge >= 0.3 is 6.09 Å². The Morgan fingerprint density at radius 2 is 1.69 bits per heavy atom. The van der Waals surface area contributed by atoms with E-state index in [0.717, 1.165) is 44.2 Å². The summed E-state index contributed by atoms with van der Waals surface area (Å²) in [6.45, 7) is 15.4. The summed E-state index contributed by atoms with van der Waals surface area (Å²) in [6.07, 6.45) is -0.265. The molecule has 158 valence electrons. The van der Waals surface area contributed by atoms with E-state index in [4.69, 9.17) is 4.74 Å². The summed E-state index contributed by atoms with van der Waals surface area (Å²) >= 11 is 0. The predicted molar refractivity (Wildman–Crippen MR) is 113 cm³/mol. The fourth-order valence-corrected chi connectivity index (χ4v) is 3.67. The third-order valence-corrected chi connectivity index (χ3v) is 5.35. The first-order valence-electron chi connectivity index (χ1n) is 10.4. The molecule has 0 N–H and O–H groups in total. The molecule has 0 spiro atoms. The predicted octanol–water partition coefficient (Wildman–Crippen LogP) is 2.15. The van der Waals surface area contributed by atoms with Crippen molar-refractivity contribution in [2.24, 2.45) is 0 Å². The lowest BCUT2D eigenvalue weighted by Gasteiger charge is -2.38. The Morgan fingerprint density at radius 1 is 1.07 bits per heavy atom. The zero-order valence-electron chi connectivity index (χ0n) is 18.0. The first kappa shape index (κ1) is 21.2. The van der Waals surface area contributed by atoms with E-state index < -0.39 is 5.60 Å². The summed E-state index contributed by atoms with van der Waals surface area (Å²) in [7, 11) is 0. The highest BCUT2D eigenvalue weighted by molar-refractivity contribution is 5.69. The summed E-state index contributed by atoms with van der Waals surface area (Å²) in [5.74, 6) is 0.865. The van der Waals surface area contributed by atoms with Gasteiger partial charge < -0.3 is 24.3 Å². The highest BCUT2D eigenvalue weighted by Crippen LogP contribution is 2.24. The Balaban J connectivity index is 1.67. The van der Waals surface area contributed by atoms with Crippen LogP contribution in [-0.2, 0) is 4.74 Å². The average molecular weight is 401 g/mol. The number of hydrogen-bond donors (Lipinski definition) is 0. The van der Waals surface area contributed by atoms with Gasteiger partial charge in [0.25, 0.3) is 0 Å². The standard InChI is InChI=1S/C21H32N6O2/c1-5-24-6-8-26(9-7-24)19-15-18(14-17(16-22)23-19)25-10-12-27(13-11-25)20(28)29-21(2,3)4/h14-15H,5-13H2,1-4H3. The number of hydrogen-bond acceptors (Lipinski definition) is 7. The molecule has 2 aliphatic rings. The maximum Gasteiger partial charge on any atom is 0.410 e. The molecule has 0 aromatic carbocycles. The zero-order valence-corrected chi connectivity index (χ0v) is 18.0. The van der Waals surface area contributed by atoms with Crippen molar-refractivity contribution in [3.63, 3.8) is 0 Å². The SMILES string of the molecule is CCN1CCN(c2cc(N3CCN(C(=O)OC(C)(C)C)CC3)cc(C#N)n2)CC1. The Hall–Kier alpha value is -2.53. The fourth-order valence-electron chi connectivity index (χ4n) is 3.67. The number of carbonyl (C=O) groups excluding carboxylic acids is 1. The lowest BCUT2D eigenvalue weighted by molar-refractivity contribution is 0.0240. The minimum atomic E-state index is -0.488. The normalized spacial score (nSPS) is 18.5. The summed E-state index contributed by atoms with van der Waals surface area (Å²) in [5, 5.41) is 9.46. The van der Waals surface area contributed by atoms with E-state index in [0.29, 0.717) is 31.9 Å². The second-order valence-electron chi connectivity index (χ2n) is 8.56. The van der Waals surface area contributed by atoms with Crippen molar-refractivity contribution < 1.29 is 9.53 Å². The van der Waals surface area contributed by atoms with Gasteiger partial charge in [-0.25, -0.2) is 9.78 Å². The highest BCUT2D eigenvalue weighted by Gasteiger charge is 2.27. The second-order valence-corrected chi connectivity index (χ2v) is 8.56. The summed E-state index contributed by atoms with van der Waals surface area (Å²) in [5.41, 5.74) is 0.941. The van der Waals surface area contributed by atoms with Crippen molar-refractivity contribution in [1.82, 2.24) is 14.8 Å². The number of piperazine rings is 2. The number of pyridine rings is 1. The van der Waals surface area contributed by atoms with Crippen molar-refractivity contribution in [3.05, 3.63) is 17.8 Å². The number of amides is 1. The minimum Gasteiger partial charge on any atom is -0.444 e. The van der Waals surface area contributed by atoms with Crippen LogP contribution in [0.15, 0.2) is 12.1 Å². The van der Waals surface area contributed by atoms with E-state index in [1.807, 2.05) is 26.8 Å². The quantitative estimate of drug-likeness (QED) is 0.769. The van der Waals surface area contributed by atoms with Crippen molar-refractivity contribution >= 4 is 17.6 Å². The second kappa shape index (κ2) is 8.87. The third-order valence-electron chi connectivity index (χ3n) is 5.35. The molecular formula is C21H32N6O2. The maximum atomic E-state index is 12.3. The number of ether oxygens (including phenoxy) is 1. The van der Waals surface area contributed by atoms with Gasteiger partial charge in [-0.1, -0.05) is 6.92 Å². The van der Waals surface area contributed by atoms with Crippen molar-refractivity contribution in [1.29, 1.82) is 5.26 Å². The molecule has 2 aliphatic heterocycles. The number of nitrogens with zero attached hydrogens (tertiary/aromatic N) is 6. The third kappa shape index (κ3) is 5.51. The molecule has 1 amide bonds. The molecule has 1 aromatic rings. The Morgan fingerprint density at radius 3 is 2.24 bits per heavy atom. The molecular weight excluding hydrogens is 368 g/mol. The van der Waals surface area contributed by atoms with E-state index in [-0.39, 0.29) is 6.09 Å². The van der Waals surface area contributed by atoms with Crippen molar-refractivity contribution in [2.75, 3.05) is 68.7 Å². The molecule has 1 aromatic heterocycles. The van der Waals surface area contributed by atoms with E-state index in [1.165, 1.54) is 0 Å². The molecule has 29 heavy (non-hydrogen) atoms. The molecule has 0 saturated carbocycles. The number of nitriles is 1. The van der Waals surface area contributed by atoms with Gasteiger partial charge in [0.05, 0.1) is 0 Å². The molecule has 8 heteroatoms. The van der Waals surface area contributed by atoms with Gasteiger partial charge in [0.15, 0.2) is 0 Å². The molecule has 3 heterocycles. The largest absolute Gasteiger partial charge is 0.444 e. The fraction of sp³-hybridized carbons (Fsp3) is 0.667. The monoisotopic (exact) mass is 400 g/mol. The zero-order chi connectivity index (χ0) is 21.0. The average Bonchev–Trinajstić information content (AvgIpc) is 2.72. The summed E-state index contributed by atoms with van der Waals surface area (Å²) in [6, 6.07) is 6.12. The van der Waals surface area contributed by atoms with Gasteiger partial charge in [-0.3, -0.25) is 0 Å². The van der Waals surface area contributed by atoms with Crippen LogP contribution >= 0.6 is 0 Å². The first-order chi connectivity index (χ1) is 13.8. The van der Waals surface area contributed by atoms with Crippen LogP contribution in [0, 0.1) is 11.3 Å². The van der Waals surface area contributed by atoms with E-state index in [9.17, 15) is 10.1 Å². The van der Waals surface area contributed by atoms with Crippen LogP contribution in [-0.4, -0.2) is 85.4 Å². The minimum absolute atomic E-state index is 0.265. The Labute approximate surface area is 173 Å². The summed E-state index contributed by atoms with van der Waals surface area (Å²) in [4.78, 5) is 25.5. The lowest BCUT2D eigenvalue weighted by Crippen LogP contribution is -2.50. The van der Waals surface area contributed by atoms with Gasteiger partial charge in [0.2, 0.25) is 0 Å². The number of rotatable bonds is 3. The molecule has 0 aliphatic carbocycles. The van der Waals surface area contributed by atoms with E-state index in [1.54, 1.807) is 4.90 Å². The van der Waals surface area contributed by atoms with Gasteiger partial charge in [0, 0.05) is 64.1 Å². The highest BCUT2D eigenvalue weighted by atomic mass is 16.6. The summed E-state index contributed by atoms with van der Waals surface area (Å²) < 4.78 is 5.48. The topological polar surface area (TPSA) is 75.9 Å². The van der Waals surface area contributed by atoms with Crippen LogP contribution in [0.2, 0.25) is 0 Å². The lowest BCUT2D eigenvalue weighted by atomic mass is 10.2.